The molecule has 0 spiro atoms. The van der Waals surface area contributed by atoms with Gasteiger partial charge >= 0.3 is 0 Å². The normalized spacial score (nSPS) is 11.5. The summed E-state index contributed by atoms with van der Waals surface area (Å²) in [6.07, 6.45) is 0. The Bertz CT molecular complexity index is 851. The minimum atomic E-state index is -0.658. The molecule has 2 amide bonds. The summed E-state index contributed by atoms with van der Waals surface area (Å²) in [5, 5.41) is 2.90. The van der Waals surface area contributed by atoms with Gasteiger partial charge in [0.25, 0.3) is 5.91 Å². The van der Waals surface area contributed by atoms with Crippen molar-refractivity contribution in [1.82, 2.24) is 10.2 Å². The summed E-state index contributed by atoms with van der Waals surface area (Å²) < 4.78 is 16.2. The summed E-state index contributed by atoms with van der Waals surface area (Å²) in [5.74, 6) is 1.56. The van der Waals surface area contributed by atoms with Crippen LogP contribution >= 0.6 is 0 Å². The van der Waals surface area contributed by atoms with Crippen molar-refractivity contribution in [3.63, 3.8) is 0 Å². The van der Waals surface area contributed by atoms with Crippen LogP contribution < -0.4 is 19.5 Å². The first-order valence-corrected chi connectivity index (χ1v) is 10.3. The van der Waals surface area contributed by atoms with Crippen molar-refractivity contribution in [2.45, 2.75) is 33.4 Å². The monoisotopic (exact) mass is 428 g/mol. The van der Waals surface area contributed by atoms with Crippen molar-refractivity contribution in [3.8, 4) is 17.2 Å². The molecule has 7 nitrogen and oxygen atoms in total. The van der Waals surface area contributed by atoms with Gasteiger partial charge in [0.05, 0.1) is 14.2 Å². The average Bonchev–Trinajstić information content (AvgIpc) is 2.79. The van der Waals surface area contributed by atoms with E-state index in [-0.39, 0.29) is 25.0 Å². The van der Waals surface area contributed by atoms with Gasteiger partial charge in [0.1, 0.15) is 11.8 Å². The second kappa shape index (κ2) is 11.8. The number of amides is 2. The number of para-hydroxylation sites is 2. The van der Waals surface area contributed by atoms with Gasteiger partial charge in [0.2, 0.25) is 5.91 Å². The summed E-state index contributed by atoms with van der Waals surface area (Å²) in [6.45, 7) is 6.37. The van der Waals surface area contributed by atoms with Gasteiger partial charge in [-0.3, -0.25) is 9.59 Å². The van der Waals surface area contributed by atoms with E-state index in [0.717, 1.165) is 11.3 Å². The first-order valence-electron chi connectivity index (χ1n) is 10.3. The summed E-state index contributed by atoms with van der Waals surface area (Å²) in [4.78, 5) is 27.3. The SMILES string of the molecule is COc1ccc(CN(C(=O)COc2ccccc2OC)[C@H](C)C(=O)NCC(C)C)cc1. The van der Waals surface area contributed by atoms with E-state index in [9.17, 15) is 9.59 Å². The van der Waals surface area contributed by atoms with Crippen LogP contribution in [0.5, 0.6) is 17.2 Å². The number of carbonyl (C=O) groups excluding carboxylic acids is 2. The molecule has 0 aliphatic heterocycles. The van der Waals surface area contributed by atoms with Gasteiger partial charge in [-0.05, 0) is 42.7 Å². The Labute approximate surface area is 184 Å². The van der Waals surface area contributed by atoms with Gasteiger partial charge in [-0.15, -0.1) is 0 Å². The molecule has 1 atom stereocenters. The van der Waals surface area contributed by atoms with Crippen molar-refractivity contribution in [3.05, 3.63) is 54.1 Å². The lowest BCUT2D eigenvalue weighted by Gasteiger charge is -2.29. The molecule has 0 radical (unpaired) electrons. The molecule has 0 aromatic heterocycles. The third kappa shape index (κ3) is 7.20. The molecule has 0 aliphatic rings. The van der Waals surface area contributed by atoms with Crippen LogP contribution in [0.3, 0.4) is 0 Å². The molecule has 168 valence electrons. The molecule has 0 saturated heterocycles. The molecule has 2 aromatic rings. The lowest BCUT2D eigenvalue weighted by molar-refractivity contribution is -0.142. The maximum absolute atomic E-state index is 13.1. The molecule has 0 fully saturated rings. The third-order valence-electron chi connectivity index (χ3n) is 4.78. The number of ether oxygens (including phenoxy) is 3. The molecule has 2 aromatic carbocycles. The molecule has 0 bridgehead atoms. The van der Waals surface area contributed by atoms with Crippen LogP contribution in [0.2, 0.25) is 0 Å². The molecule has 0 heterocycles. The minimum Gasteiger partial charge on any atom is -0.497 e. The second-order valence-electron chi connectivity index (χ2n) is 7.62. The van der Waals surface area contributed by atoms with Crippen molar-refractivity contribution in [2.24, 2.45) is 5.92 Å². The molecule has 1 N–H and O–H groups in total. The lowest BCUT2D eigenvalue weighted by Crippen LogP contribution is -2.49. The van der Waals surface area contributed by atoms with Crippen molar-refractivity contribution >= 4 is 11.8 Å². The highest BCUT2D eigenvalue weighted by Gasteiger charge is 2.26. The van der Waals surface area contributed by atoms with E-state index in [1.54, 1.807) is 39.3 Å². The number of rotatable bonds is 11. The van der Waals surface area contributed by atoms with Crippen molar-refractivity contribution in [1.29, 1.82) is 0 Å². The number of nitrogens with one attached hydrogen (secondary N) is 1. The number of carbonyl (C=O) groups is 2. The number of nitrogens with zero attached hydrogens (tertiary/aromatic N) is 1. The zero-order valence-electron chi connectivity index (χ0n) is 18.9. The molecule has 2 rings (SSSR count). The molecule has 0 saturated carbocycles. The zero-order chi connectivity index (χ0) is 22.8. The summed E-state index contributed by atoms with van der Waals surface area (Å²) >= 11 is 0. The van der Waals surface area contributed by atoms with Crippen LogP contribution in [0.1, 0.15) is 26.3 Å². The number of benzene rings is 2. The highest BCUT2D eigenvalue weighted by Crippen LogP contribution is 2.26. The lowest BCUT2D eigenvalue weighted by atomic mass is 10.1. The van der Waals surface area contributed by atoms with E-state index in [1.807, 2.05) is 44.2 Å². The van der Waals surface area contributed by atoms with E-state index in [1.165, 1.54) is 4.90 Å². The fourth-order valence-corrected chi connectivity index (χ4v) is 2.92. The van der Waals surface area contributed by atoms with E-state index >= 15 is 0 Å². The Morgan fingerprint density at radius 1 is 0.935 bits per heavy atom. The first-order chi connectivity index (χ1) is 14.8. The average molecular weight is 429 g/mol. The van der Waals surface area contributed by atoms with Gasteiger partial charge < -0.3 is 24.4 Å². The van der Waals surface area contributed by atoms with Gasteiger partial charge in [-0.2, -0.15) is 0 Å². The molecular weight excluding hydrogens is 396 g/mol. The van der Waals surface area contributed by atoms with E-state index in [0.29, 0.717) is 24.0 Å². The third-order valence-corrected chi connectivity index (χ3v) is 4.78. The fourth-order valence-electron chi connectivity index (χ4n) is 2.92. The van der Waals surface area contributed by atoms with Crippen LogP contribution in [0.4, 0.5) is 0 Å². The largest absolute Gasteiger partial charge is 0.497 e. The standard InChI is InChI=1S/C24H32N2O5/c1-17(2)14-25-24(28)18(3)26(15-19-10-12-20(29-4)13-11-19)23(27)16-31-22-9-7-6-8-21(22)30-5/h6-13,17-18H,14-16H2,1-5H3,(H,25,28)/t18-/m1/s1. The van der Waals surface area contributed by atoms with E-state index in [2.05, 4.69) is 5.32 Å². The highest BCUT2D eigenvalue weighted by atomic mass is 16.5. The number of hydrogen-bond acceptors (Lipinski definition) is 5. The maximum atomic E-state index is 13.1. The molecule has 31 heavy (non-hydrogen) atoms. The maximum Gasteiger partial charge on any atom is 0.261 e. The van der Waals surface area contributed by atoms with E-state index < -0.39 is 6.04 Å². The van der Waals surface area contributed by atoms with E-state index in [4.69, 9.17) is 14.2 Å². The molecular formula is C24H32N2O5. The Morgan fingerprint density at radius 2 is 1.58 bits per heavy atom. The van der Waals surface area contributed by atoms with Gasteiger partial charge in [-0.25, -0.2) is 0 Å². The Morgan fingerprint density at radius 3 is 2.16 bits per heavy atom. The Kier molecular flexibility index (Phi) is 9.18. The fraction of sp³-hybridized carbons (Fsp3) is 0.417. The highest BCUT2D eigenvalue weighted by molar-refractivity contribution is 5.88. The quantitative estimate of drug-likeness (QED) is 0.594. The molecule has 7 heteroatoms. The molecule has 0 aliphatic carbocycles. The number of hydrogen-bond donors (Lipinski definition) is 1. The molecule has 0 unspecified atom stereocenters. The van der Waals surface area contributed by atoms with Crippen molar-refractivity contribution < 1.29 is 23.8 Å². The second-order valence-corrected chi connectivity index (χ2v) is 7.62. The van der Waals surface area contributed by atoms with Crippen LogP contribution in [0.15, 0.2) is 48.5 Å². The smallest absolute Gasteiger partial charge is 0.261 e. The Balaban J connectivity index is 2.16. The van der Waals surface area contributed by atoms with Crippen LogP contribution in [0, 0.1) is 5.92 Å². The van der Waals surface area contributed by atoms with Crippen LogP contribution in [0.25, 0.3) is 0 Å². The Hall–Kier alpha value is -3.22. The first kappa shape index (κ1) is 24.1. The number of methoxy groups -OCH3 is 2. The van der Waals surface area contributed by atoms with Crippen molar-refractivity contribution in [2.75, 3.05) is 27.4 Å². The van der Waals surface area contributed by atoms with Gasteiger partial charge in [0, 0.05) is 13.1 Å². The zero-order valence-corrected chi connectivity index (χ0v) is 18.9. The van der Waals surface area contributed by atoms with Gasteiger partial charge in [-0.1, -0.05) is 38.1 Å². The van der Waals surface area contributed by atoms with Crippen LogP contribution in [-0.2, 0) is 16.1 Å². The topological polar surface area (TPSA) is 77.1 Å². The summed E-state index contributed by atoms with van der Waals surface area (Å²) in [6, 6.07) is 13.9. The predicted octanol–water partition coefficient (Wildman–Crippen LogP) is 3.27. The summed E-state index contributed by atoms with van der Waals surface area (Å²) in [7, 11) is 3.14. The summed E-state index contributed by atoms with van der Waals surface area (Å²) in [5.41, 5.74) is 0.884. The minimum absolute atomic E-state index is 0.201. The predicted molar refractivity (Wildman–Crippen MR) is 119 cm³/mol. The van der Waals surface area contributed by atoms with Gasteiger partial charge in [0.15, 0.2) is 18.1 Å². The van der Waals surface area contributed by atoms with Crippen LogP contribution in [-0.4, -0.2) is 50.1 Å².